The number of hydrogen-bond acceptors (Lipinski definition) is 3. The quantitative estimate of drug-likeness (QED) is 0.738. The van der Waals surface area contributed by atoms with Gasteiger partial charge < -0.3 is 4.90 Å². The second kappa shape index (κ2) is 7.22. The van der Waals surface area contributed by atoms with Crippen molar-refractivity contribution in [3.8, 4) is 0 Å². The van der Waals surface area contributed by atoms with Gasteiger partial charge in [0.1, 0.15) is 0 Å². The summed E-state index contributed by atoms with van der Waals surface area (Å²) in [5.41, 5.74) is 0.978. The molecule has 1 atom stereocenters. The summed E-state index contributed by atoms with van der Waals surface area (Å²) in [6.07, 6.45) is 0.707. The van der Waals surface area contributed by atoms with Gasteiger partial charge in [0.15, 0.2) is 9.84 Å². The van der Waals surface area contributed by atoms with Crippen molar-refractivity contribution in [3.05, 3.63) is 66.2 Å². The van der Waals surface area contributed by atoms with Crippen LogP contribution in [0.25, 0.3) is 0 Å². The smallest absolute Gasteiger partial charge is 0.210 e. The lowest BCUT2D eigenvalue weighted by atomic mass is 10.1. The van der Waals surface area contributed by atoms with Gasteiger partial charge in [-0.1, -0.05) is 48.5 Å². The highest BCUT2D eigenvalue weighted by Gasteiger charge is 2.19. The Labute approximate surface area is 131 Å². The van der Waals surface area contributed by atoms with Crippen molar-refractivity contribution in [2.45, 2.75) is 17.9 Å². The number of nitrogens with zero attached hydrogens (tertiary/aromatic N) is 1. The van der Waals surface area contributed by atoms with E-state index in [1.54, 1.807) is 30.3 Å². The van der Waals surface area contributed by atoms with Gasteiger partial charge >= 0.3 is 0 Å². The van der Waals surface area contributed by atoms with Crippen molar-refractivity contribution >= 4 is 16.2 Å². The van der Waals surface area contributed by atoms with Gasteiger partial charge in [-0.25, -0.2) is 8.42 Å². The van der Waals surface area contributed by atoms with Gasteiger partial charge in [-0.05, 0) is 24.6 Å². The van der Waals surface area contributed by atoms with E-state index in [-0.39, 0.29) is 23.2 Å². The first-order valence-electron chi connectivity index (χ1n) is 7.08. The van der Waals surface area contributed by atoms with E-state index in [1.807, 2.05) is 37.3 Å². The maximum Gasteiger partial charge on any atom is 0.210 e. The number of carbonyl (C=O) groups excluding carboxylic acids is 1. The summed E-state index contributed by atoms with van der Waals surface area (Å²) < 4.78 is 24.5. The number of hydrogen-bond donors (Lipinski definition) is 0. The first-order chi connectivity index (χ1) is 10.5. The maximum absolute atomic E-state index is 12.3. The molecule has 0 unspecified atom stereocenters. The Balaban J connectivity index is 2.07. The summed E-state index contributed by atoms with van der Waals surface area (Å²) in [5.74, 6) is -0.0904. The molecule has 0 fully saturated rings. The van der Waals surface area contributed by atoms with Crippen molar-refractivity contribution in [1.29, 1.82) is 0 Å². The monoisotopic (exact) mass is 317 g/mol. The molecule has 0 radical (unpaired) electrons. The second-order valence-corrected chi connectivity index (χ2v) is 7.17. The average Bonchev–Trinajstić information content (AvgIpc) is 2.57. The first-order valence-corrected chi connectivity index (χ1v) is 8.73. The molecule has 0 aliphatic rings. The lowest BCUT2D eigenvalue weighted by Gasteiger charge is -2.25. The summed E-state index contributed by atoms with van der Waals surface area (Å²) in [6, 6.07) is 17.7. The Kier molecular flexibility index (Phi) is 5.33. The van der Waals surface area contributed by atoms with Crippen molar-refractivity contribution in [3.63, 3.8) is 0 Å². The van der Waals surface area contributed by atoms with E-state index < -0.39 is 9.84 Å². The minimum atomic E-state index is -3.38. The van der Waals surface area contributed by atoms with Crippen LogP contribution in [0.5, 0.6) is 0 Å². The molecule has 116 valence electrons. The molecule has 0 saturated carbocycles. The van der Waals surface area contributed by atoms with E-state index in [4.69, 9.17) is 0 Å². The molecule has 5 heteroatoms. The molecule has 0 spiro atoms. The molecule has 1 amide bonds. The summed E-state index contributed by atoms with van der Waals surface area (Å²) in [6.45, 7) is 2.05. The Hall–Kier alpha value is -2.14. The molecule has 22 heavy (non-hydrogen) atoms. The summed E-state index contributed by atoms with van der Waals surface area (Å²) in [4.78, 5) is 13.1. The number of carbonyl (C=O) groups is 1. The molecular formula is C17H19NO3S. The van der Waals surface area contributed by atoms with E-state index in [9.17, 15) is 13.2 Å². The highest BCUT2D eigenvalue weighted by Crippen LogP contribution is 2.19. The zero-order valence-corrected chi connectivity index (χ0v) is 13.2. The SMILES string of the molecule is C[C@H](c1ccccc1)N(C=O)CCS(=O)(=O)c1ccccc1. The highest BCUT2D eigenvalue weighted by atomic mass is 32.2. The third-order valence-electron chi connectivity index (χ3n) is 3.64. The van der Waals surface area contributed by atoms with E-state index in [0.717, 1.165) is 5.56 Å². The second-order valence-electron chi connectivity index (χ2n) is 5.06. The van der Waals surface area contributed by atoms with E-state index in [1.165, 1.54) is 4.90 Å². The number of rotatable bonds is 7. The Morgan fingerprint density at radius 1 is 1.00 bits per heavy atom. The molecular weight excluding hydrogens is 298 g/mol. The largest absolute Gasteiger partial charge is 0.337 e. The van der Waals surface area contributed by atoms with Crippen LogP contribution in [0.4, 0.5) is 0 Å². The molecule has 0 bridgehead atoms. The normalized spacial score (nSPS) is 12.6. The molecule has 2 aromatic rings. The predicted octanol–water partition coefficient (Wildman–Crippen LogP) is 2.68. The van der Waals surface area contributed by atoms with E-state index in [0.29, 0.717) is 6.41 Å². The molecule has 2 rings (SSSR count). The minimum absolute atomic E-state index is 0.0904. The van der Waals surface area contributed by atoms with Crippen LogP contribution in [0.2, 0.25) is 0 Å². The Bertz CT molecular complexity index is 699. The molecule has 0 aliphatic heterocycles. The fourth-order valence-corrected chi connectivity index (χ4v) is 3.49. The predicted molar refractivity (Wildman–Crippen MR) is 86.1 cm³/mol. The van der Waals surface area contributed by atoms with Gasteiger partial charge in [0.05, 0.1) is 16.7 Å². The fraction of sp³-hybridized carbons (Fsp3) is 0.235. The molecule has 0 heterocycles. The minimum Gasteiger partial charge on any atom is -0.337 e. The van der Waals surface area contributed by atoms with Crippen LogP contribution < -0.4 is 0 Å². The third kappa shape index (κ3) is 3.95. The van der Waals surface area contributed by atoms with Crippen molar-refractivity contribution in [2.24, 2.45) is 0 Å². The maximum atomic E-state index is 12.3. The van der Waals surface area contributed by atoms with Gasteiger partial charge in [-0.15, -0.1) is 0 Å². The number of sulfone groups is 1. The topological polar surface area (TPSA) is 54.5 Å². The Morgan fingerprint density at radius 3 is 2.09 bits per heavy atom. The molecule has 2 aromatic carbocycles. The summed E-state index contributed by atoms with van der Waals surface area (Å²) in [5, 5.41) is 0. The van der Waals surface area contributed by atoms with Gasteiger partial charge in [-0.2, -0.15) is 0 Å². The van der Waals surface area contributed by atoms with Crippen LogP contribution in [0.15, 0.2) is 65.6 Å². The summed E-state index contributed by atoms with van der Waals surface area (Å²) in [7, 11) is -3.38. The van der Waals surface area contributed by atoms with Gasteiger partial charge in [0, 0.05) is 6.54 Å². The van der Waals surface area contributed by atoms with Gasteiger partial charge in [0.2, 0.25) is 6.41 Å². The zero-order chi connectivity index (χ0) is 16.0. The van der Waals surface area contributed by atoms with Crippen molar-refractivity contribution < 1.29 is 13.2 Å². The van der Waals surface area contributed by atoms with Gasteiger partial charge in [-0.3, -0.25) is 4.79 Å². The van der Waals surface area contributed by atoms with Crippen molar-refractivity contribution in [2.75, 3.05) is 12.3 Å². The van der Waals surface area contributed by atoms with Crippen LogP contribution in [-0.4, -0.2) is 32.0 Å². The third-order valence-corrected chi connectivity index (χ3v) is 5.35. The summed E-state index contributed by atoms with van der Waals surface area (Å²) >= 11 is 0. The molecule has 0 saturated heterocycles. The van der Waals surface area contributed by atoms with E-state index >= 15 is 0 Å². The average molecular weight is 317 g/mol. The zero-order valence-electron chi connectivity index (χ0n) is 12.4. The Morgan fingerprint density at radius 2 is 1.55 bits per heavy atom. The van der Waals surface area contributed by atoms with Crippen LogP contribution >= 0.6 is 0 Å². The molecule has 0 N–H and O–H groups in total. The van der Waals surface area contributed by atoms with Crippen LogP contribution in [0.3, 0.4) is 0 Å². The van der Waals surface area contributed by atoms with Crippen LogP contribution in [-0.2, 0) is 14.6 Å². The number of benzene rings is 2. The lowest BCUT2D eigenvalue weighted by Crippen LogP contribution is -2.30. The lowest BCUT2D eigenvalue weighted by molar-refractivity contribution is -0.119. The fourth-order valence-electron chi connectivity index (χ4n) is 2.23. The highest BCUT2D eigenvalue weighted by molar-refractivity contribution is 7.91. The van der Waals surface area contributed by atoms with Crippen LogP contribution in [0.1, 0.15) is 18.5 Å². The standard InChI is InChI=1S/C17H19NO3S/c1-15(16-8-4-2-5-9-16)18(14-19)12-13-22(20,21)17-10-6-3-7-11-17/h2-11,14-15H,12-13H2,1H3/t15-/m1/s1. The molecule has 0 aromatic heterocycles. The van der Waals surface area contributed by atoms with E-state index in [2.05, 4.69) is 0 Å². The number of amides is 1. The molecule has 0 aliphatic carbocycles. The molecule has 4 nitrogen and oxygen atoms in total. The van der Waals surface area contributed by atoms with Gasteiger partial charge in [0.25, 0.3) is 0 Å². The first kappa shape index (κ1) is 16.2. The van der Waals surface area contributed by atoms with Crippen molar-refractivity contribution in [1.82, 2.24) is 4.90 Å². The van der Waals surface area contributed by atoms with Crippen LogP contribution in [0, 0.1) is 0 Å².